The maximum Gasteiger partial charge on any atom is 0.350 e. The normalized spacial score (nSPS) is 15.1. The van der Waals surface area contributed by atoms with E-state index in [0.717, 1.165) is 37.4 Å². The van der Waals surface area contributed by atoms with Crippen LogP contribution in [0.5, 0.6) is 0 Å². The Morgan fingerprint density at radius 1 is 1.19 bits per heavy atom. The van der Waals surface area contributed by atoms with Crippen molar-refractivity contribution in [1.29, 1.82) is 0 Å². The van der Waals surface area contributed by atoms with E-state index < -0.39 is 5.97 Å². The van der Waals surface area contributed by atoms with Gasteiger partial charge in [-0.25, -0.2) is 9.78 Å². The summed E-state index contributed by atoms with van der Waals surface area (Å²) in [6, 6.07) is 10.5. The van der Waals surface area contributed by atoms with Gasteiger partial charge in [0.25, 0.3) is 5.91 Å². The number of ether oxygens (including phenoxy) is 1. The summed E-state index contributed by atoms with van der Waals surface area (Å²) in [6.07, 6.45) is 3.03. The molecular weight excluding hydrogens is 348 g/mol. The van der Waals surface area contributed by atoms with E-state index in [0.29, 0.717) is 16.5 Å². The monoisotopic (exact) mass is 372 g/mol. The molecule has 1 fully saturated rings. The van der Waals surface area contributed by atoms with Gasteiger partial charge >= 0.3 is 5.97 Å². The highest BCUT2D eigenvalue weighted by molar-refractivity contribution is 7.13. The van der Waals surface area contributed by atoms with E-state index in [9.17, 15) is 9.59 Å². The summed E-state index contributed by atoms with van der Waals surface area (Å²) < 4.78 is 5.20. The fourth-order valence-electron chi connectivity index (χ4n) is 3.34. The van der Waals surface area contributed by atoms with Gasteiger partial charge in [0, 0.05) is 13.1 Å². The molecular formula is C20H24N2O3S. The van der Waals surface area contributed by atoms with Crippen LogP contribution in [0.4, 0.5) is 0 Å². The second kappa shape index (κ2) is 8.45. The smallest absolute Gasteiger partial charge is 0.350 e. The predicted octanol–water partition coefficient (Wildman–Crippen LogP) is 3.40. The van der Waals surface area contributed by atoms with E-state index in [4.69, 9.17) is 4.74 Å². The van der Waals surface area contributed by atoms with Crippen LogP contribution in [0.1, 0.15) is 38.8 Å². The summed E-state index contributed by atoms with van der Waals surface area (Å²) in [7, 11) is 0. The molecule has 0 aliphatic carbocycles. The van der Waals surface area contributed by atoms with E-state index >= 15 is 0 Å². The van der Waals surface area contributed by atoms with Crippen molar-refractivity contribution < 1.29 is 14.3 Å². The van der Waals surface area contributed by atoms with Crippen LogP contribution in [-0.4, -0.2) is 41.5 Å². The first-order valence-corrected chi connectivity index (χ1v) is 9.77. The Morgan fingerprint density at radius 3 is 2.50 bits per heavy atom. The Labute approximate surface area is 158 Å². The maximum absolute atomic E-state index is 12.3. The molecule has 0 unspecified atom stereocenters. The molecule has 1 saturated heterocycles. The van der Waals surface area contributed by atoms with Gasteiger partial charge in [-0.15, -0.1) is 11.3 Å². The predicted molar refractivity (Wildman–Crippen MR) is 101 cm³/mol. The second-order valence-electron chi connectivity index (χ2n) is 6.74. The molecule has 1 aromatic heterocycles. The largest absolute Gasteiger partial charge is 0.451 e. The highest BCUT2D eigenvalue weighted by Gasteiger charge is 2.24. The van der Waals surface area contributed by atoms with Gasteiger partial charge in [-0.3, -0.25) is 4.79 Å². The van der Waals surface area contributed by atoms with E-state index in [-0.39, 0.29) is 12.5 Å². The first-order chi connectivity index (χ1) is 12.5. The number of amides is 1. The van der Waals surface area contributed by atoms with Crippen molar-refractivity contribution in [3.63, 3.8) is 0 Å². The zero-order valence-corrected chi connectivity index (χ0v) is 16.1. The topological polar surface area (TPSA) is 59.5 Å². The summed E-state index contributed by atoms with van der Waals surface area (Å²) in [5, 5.41) is 0.821. The second-order valence-corrected chi connectivity index (χ2v) is 7.94. The van der Waals surface area contributed by atoms with E-state index in [1.807, 2.05) is 13.0 Å². The summed E-state index contributed by atoms with van der Waals surface area (Å²) in [4.78, 5) is 30.9. The van der Waals surface area contributed by atoms with Crippen LogP contribution in [0, 0.1) is 19.8 Å². The number of thiazole rings is 1. The number of likely N-dealkylation sites (tertiary alicyclic amines) is 1. The van der Waals surface area contributed by atoms with Crippen LogP contribution in [0.2, 0.25) is 0 Å². The van der Waals surface area contributed by atoms with Crippen LogP contribution in [0.15, 0.2) is 30.3 Å². The first kappa shape index (κ1) is 18.6. The quantitative estimate of drug-likeness (QED) is 0.755. The zero-order valence-electron chi connectivity index (χ0n) is 15.2. The van der Waals surface area contributed by atoms with Crippen LogP contribution >= 0.6 is 11.3 Å². The van der Waals surface area contributed by atoms with Gasteiger partial charge < -0.3 is 9.64 Å². The van der Waals surface area contributed by atoms with Crippen LogP contribution in [0.3, 0.4) is 0 Å². The number of benzene rings is 1. The van der Waals surface area contributed by atoms with Crippen LogP contribution in [-0.2, 0) is 16.0 Å². The highest BCUT2D eigenvalue weighted by Crippen LogP contribution is 2.22. The summed E-state index contributed by atoms with van der Waals surface area (Å²) >= 11 is 1.30. The Hall–Kier alpha value is -2.21. The average molecular weight is 372 g/mol. The third kappa shape index (κ3) is 4.69. The van der Waals surface area contributed by atoms with Crippen molar-refractivity contribution in [1.82, 2.24) is 9.88 Å². The van der Waals surface area contributed by atoms with Crippen molar-refractivity contribution in [2.75, 3.05) is 19.7 Å². The van der Waals surface area contributed by atoms with E-state index in [2.05, 4.69) is 29.2 Å². The minimum atomic E-state index is -0.458. The molecule has 5 nitrogen and oxygen atoms in total. The number of piperidine rings is 1. The number of esters is 1. The number of rotatable bonds is 5. The van der Waals surface area contributed by atoms with Gasteiger partial charge in [0.05, 0.1) is 10.7 Å². The van der Waals surface area contributed by atoms with Gasteiger partial charge in [0.15, 0.2) is 6.61 Å². The van der Waals surface area contributed by atoms with Crippen LogP contribution in [0.25, 0.3) is 0 Å². The Morgan fingerprint density at radius 2 is 1.88 bits per heavy atom. The van der Waals surface area contributed by atoms with Gasteiger partial charge in [0.1, 0.15) is 4.88 Å². The summed E-state index contributed by atoms with van der Waals surface area (Å²) in [5.74, 6) is 0.0302. The number of hydrogen-bond acceptors (Lipinski definition) is 5. The Bertz CT molecular complexity index is 765. The third-order valence-electron chi connectivity index (χ3n) is 4.75. The van der Waals surface area contributed by atoms with Crippen molar-refractivity contribution in [3.8, 4) is 0 Å². The van der Waals surface area contributed by atoms with Gasteiger partial charge in [-0.1, -0.05) is 30.3 Å². The maximum atomic E-state index is 12.3. The number of carbonyl (C=O) groups is 2. The molecule has 0 N–H and O–H groups in total. The Balaban J connectivity index is 1.43. The number of aryl methyl sites for hydroxylation is 2. The highest BCUT2D eigenvalue weighted by atomic mass is 32.1. The number of carbonyl (C=O) groups excluding carboxylic acids is 2. The SMILES string of the molecule is Cc1nc(C)c(C(=O)OCC(=O)N2CCC(Cc3ccccc3)CC2)s1. The van der Waals surface area contributed by atoms with Gasteiger partial charge in [-0.2, -0.15) is 0 Å². The lowest BCUT2D eigenvalue weighted by atomic mass is 9.90. The van der Waals surface area contributed by atoms with Gasteiger partial charge in [-0.05, 0) is 44.6 Å². The molecule has 0 bridgehead atoms. The molecule has 6 heteroatoms. The molecule has 0 saturated carbocycles. The molecule has 26 heavy (non-hydrogen) atoms. The van der Waals surface area contributed by atoms with Crippen molar-refractivity contribution in [3.05, 3.63) is 51.5 Å². The van der Waals surface area contributed by atoms with Crippen LogP contribution < -0.4 is 0 Å². The fraction of sp³-hybridized carbons (Fsp3) is 0.450. The summed E-state index contributed by atoms with van der Waals surface area (Å²) in [6.45, 7) is 4.89. The van der Waals surface area contributed by atoms with Crippen molar-refractivity contribution in [2.24, 2.45) is 5.92 Å². The molecule has 1 aromatic carbocycles. The number of hydrogen-bond donors (Lipinski definition) is 0. The molecule has 1 aliphatic rings. The molecule has 2 aromatic rings. The third-order valence-corrected chi connectivity index (χ3v) is 5.80. The lowest BCUT2D eigenvalue weighted by Gasteiger charge is -2.32. The van der Waals surface area contributed by atoms with Crippen molar-refractivity contribution >= 4 is 23.2 Å². The summed E-state index contributed by atoms with van der Waals surface area (Å²) in [5.41, 5.74) is 2.01. The fourth-order valence-corrected chi connectivity index (χ4v) is 4.15. The molecule has 0 atom stereocenters. The lowest BCUT2D eigenvalue weighted by molar-refractivity contribution is -0.135. The molecule has 2 heterocycles. The molecule has 1 amide bonds. The first-order valence-electron chi connectivity index (χ1n) is 8.96. The minimum absolute atomic E-state index is 0.115. The standard InChI is InChI=1S/C20H24N2O3S/c1-14-19(26-15(2)21-14)20(24)25-13-18(23)22-10-8-17(9-11-22)12-16-6-4-3-5-7-16/h3-7,17H,8-13H2,1-2H3. The zero-order chi connectivity index (χ0) is 18.5. The van der Waals surface area contributed by atoms with E-state index in [1.54, 1.807) is 11.8 Å². The van der Waals surface area contributed by atoms with Gasteiger partial charge in [0.2, 0.25) is 0 Å². The average Bonchev–Trinajstić information content (AvgIpc) is 2.99. The minimum Gasteiger partial charge on any atom is -0.451 e. The van der Waals surface area contributed by atoms with E-state index in [1.165, 1.54) is 16.9 Å². The molecule has 0 spiro atoms. The Kier molecular flexibility index (Phi) is 6.04. The number of nitrogens with zero attached hydrogens (tertiary/aromatic N) is 2. The lowest BCUT2D eigenvalue weighted by Crippen LogP contribution is -2.41. The molecule has 3 rings (SSSR count). The molecule has 0 radical (unpaired) electrons. The molecule has 138 valence electrons. The van der Waals surface area contributed by atoms with Crippen molar-refractivity contribution in [2.45, 2.75) is 33.1 Å². The molecule has 1 aliphatic heterocycles. The number of aromatic nitrogens is 1.